The molecule has 0 atom stereocenters. The van der Waals surface area contributed by atoms with Crippen molar-refractivity contribution in [1.82, 2.24) is 14.5 Å². The lowest BCUT2D eigenvalue weighted by atomic mass is 10.2. The summed E-state index contributed by atoms with van der Waals surface area (Å²) in [5, 5.41) is 0.655. The summed E-state index contributed by atoms with van der Waals surface area (Å²) >= 11 is 1.31. The number of rotatable bonds is 6. The SMILES string of the molecule is CN(C)CCn1c2c(c(SCc3cc(F)ccc3F)nc1=O)CCC2. The molecule has 0 radical (unpaired) electrons. The summed E-state index contributed by atoms with van der Waals surface area (Å²) in [5.74, 6) is -0.649. The molecule has 0 aliphatic heterocycles. The van der Waals surface area contributed by atoms with Crippen molar-refractivity contribution in [3.63, 3.8) is 0 Å². The van der Waals surface area contributed by atoms with Gasteiger partial charge in [0.25, 0.3) is 0 Å². The lowest BCUT2D eigenvalue weighted by molar-refractivity contribution is 0.375. The highest BCUT2D eigenvalue weighted by Gasteiger charge is 2.22. The number of hydrogen-bond acceptors (Lipinski definition) is 4. The molecular weight excluding hydrogens is 344 g/mol. The monoisotopic (exact) mass is 365 g/mol. The van der Waals surface area contributed by atoms with Crippen molar-refractivity contribution in [2.75, 3.05) is 20.6 Å². The third-order valence-electron chi connectivity index (χ3n) is 4.34. The Hall–Kier alpha value is -1.73. The fraction of sp³-hybridized carbons (Fsp3) is 0.444. The van der Waals surface area contributed by atoms with Gasteiger partial charge in [0.05, 0.1) is 0 Å². The standard InChI is InChI=1S/C18H21F2N3OS/c1-22(2)8-9-23-16-5-3-4-14(16)17(21-18(23)24)25-11-12-10-13(19)6-7-15(12)20/h6-7,10H,3-5,8-9,11H2,1-2H3. The number of fused-ring (bicyclic) bond motifs is 1. The van der Waals surface area contributed by atoms with Gasteiger partial charge < -0.3 is 4.90 Å². The molecule has 1 aromatic heterocycles. The number of likely N-dealkylation sites (N-methyl/N-ethyl adjacent to an activating group) is 1. The van der Waals surface area contributed by atoms with Gasteiger partial charge in [-0.15, -0.1) is 11.8 Å². The van der Waals surface area contributed by atoms with Crippen molar-refractivity contribution in [1.29, 1.82) is 0 Å². The zero-order chi connectivity index (χ0) is 18.0. The number of thioether (sulfide) groups is 1. The maximum atomic E-state index is 13.8. The molecule has 0 N–H and O–H groups in total. The van der Waals surface area contributed by atoms with Crippen LogP contribution in [0.15, 0.2) is 28.0 Å². The second-order valence-electron chi connectivity index (χ2n) is 6.46. The van der Waals surface area contributed by atoms with Gasteiger partial charge in [0, 0.05) is 35.7 Å². The van der Waals surface area contributed by atoms with Crippen LogP contribution in [0.3, 0.4) is 0 Å². The van der Waals surface area contributed by atoms with Crippen LogP contribution in [-0.2, 0) is 25.1 Å². The van der Waals surface area contributed by atoms with E-state index < -0.39 is 11.6 Å². The summed E-state index contributed by atoms with van der Waals surface area (Å²) in [4.78, 5) is 18.7. The smallest absolute Gasteiger partial charge is 0.308 e. The van der Waals surface area contributed by atoms with Crippen LogP contribution in [0.5, 0.6) is 0 Å². The molecule has 0 unspecified atom stereocenters. The second-order valence-corrected chi connectivity index (χ2v) is 7.42. The Bertz CT molecular complexity index is 836. The van der Waals surface area contributed by atoms with Crippen LogP contribution in [0, 0.1) is 11.6 Å². The van der Waals surface area contributed by atoms with Crippen LogP contribution >= 0.6 is 11.8 Å². The molecule has 0 amide bonds. The molecule has 1 heterocycles. The molecule has 1 aromatic carbocycles. The average molecular weight is 365 g/mol. The van der Waals surface area contributed by atoms with Gasteiger partial charge >= 0.3 is 5.69 Å². The maximum Gasteiger partial charge on any atom is 0.348 e. The van der Waals surface area contributed by atoms with Crippen molar-refractivity contribution in [2.24, 2.45) is 0 Å². The zero-order valence-electron chi connectivity index (χ0n) is 14.4. The molecule has 0 bridgehead atoms. The minimum atomic E-state index is -0.464. The van der Waals surface area contributed by atoms with Gasteiger partial charge in [-0.3, -0.25) is 4.57 Å². The molecule has 7 heteroatoms. The molecule has 2 aromatic rings. The first-order chi connectivity index (χ1) is 12.0. The van der Waals surface area contributed by atoms with Crippen LogP contribution in [0.2, 0.25) is 0 Å². The Morgan fingerprint density at radius 3 is 2.84 bits per heavy atom. The van der Waals surface area contributed by atoms with Gasteiger partial charge in [0.15, 0.2) is 0 Å². The van der Waals surface area contributed by atoms with Crippen LogP contribution in [0.25, 0.3) is 0 Å². The van der Waals surface area contributed by atoms with E-state index in [1.807, 2.05) is 19.0 Å². The summed E-state index contributed by atoms with van der Waals surface area (Å²) in [6.07, 6.45) is 2.73. The number of aromatic nitrogens is 2. The van der Waals surface area contributed by atoms with Crippen molar-refractivity contribution >= 4 is 11.8 Å². The van der Waals surface area contributed by atoms with E-state index in [0.717, 1.165) is 49.2 Å². The number of nitrogens with zero attached hydrogens (tertiary/aromatic N) is 3. The van der Waals surface area contributed by atoms with E-state index in [0.29, 0.717) is 11.6 Å². The number of benzene rings is 1. The molecule has 3 rings (SSSR count). The molecule has 25 heavy (non-hydrogen) atoms. The number of halogens is 2. The van der Waals surface area contributed by atoms with Crippen molar-refractivity contribution in [3.05, 3.63) is 57.1 Å². The Morgan fingerprint density at radius 1 is 1.28 bits per heavy atom. The third-order valence-corrected chi connectivity index (χ3v) is 5.41. The first-order valence-corrected chi connectivity index (χ1v) is 9.28. The molecular formula is C18H21F2N3OS. The number of hydrogen-bond donors (Lipinski definition) is 0. The summed E-state index contributed by atoms with van der Waals surface area (Å²) in [7, 11) is 3.94. The first-order valence-electron chi connectivity index (χ1n) is 8.29. The van der Waals surface area contributed by atoms with E-state index in [9.17, 15) is 13.6 Å². The molecule has 4 nitrogen and oxygen atoms in total. The Balaban J connectivity index is 1.85. The highest BCUT2D eigenvalue weighted by atomic mass is 32.2. The molecule has 134 valence electrons. The van der Waals surface area contributed by atoms with E-state index in [1.54, 1.807) is 4.57 Å². The third kappa shape index (κ3) is 4.10. The Kier molecular flexibility index (Phi) is 5.54. The minimum Gasteiger partial charge on any atom is -0.308 e. The molecule has 0 spiro atoms. The summed E-state index contributed by atoms with van der Waals surface area (Å²) < 4.78 is 28.9. The van der Waals surface area contributed by atoms with Gasteiger partial charge in [-0.25, -0.2) is 13.6 Å². The molecule has 0 fully saturated rings. The predicted molar refractivity (Wildman–Crippen MR) is 95.0 cm³/mol. The fourth-order valence-electron chi connectivity index (χ4n) is 3.04. The molecule has 0 saturated carbocycles. The van der Waals surface area contributed by atoms with E-state index in [4.69, 9.17) is 0 Å². The van der Waals surface area contributed by atoms with Gasteiger partial charge in [-0.2, -0.15) is 4.98 Å². The first kappa shape index (κ1) is 18.1. The van der Waals surface area contributed by atoms with E-state index in [-0.39, 0.29) is 17.0 Å². The second kappa shape index (κ2) is 7.66. The van der Waals surface area contributed by atoms with Crippen molar-refractivity contribution < 1.29 is 8.78 Å². The van der Waals surface area contributed by atoms with Gasteiger partial charge in [0.2, 0.25) is 0 Å². The largest absolute Gasteiger partial charge is 0.348 e. The molecule has 1 aliphatic carbocycles. The van der Waals surface area contributed by atoms with Crippen LogP contribution in [0.1, 0.15) is 23.2 Å². The van der Waals surface area contributed by atoms with Crippen LogP contribution < -0.4 is 5.69 Å². The van der Waals surface area contributed by atoms with Gasteiger partial charge in [-0.05, 0) is 51.6 Å². The van der Waals surface area contributed by atoms with Gasteiger partial charge in [0.1, 0.15) is 16.7 Å². The summed E-state index contributed by atoms with van der Waals surface area (Å²) in [6, 6.07) is 3.43. The minimum absolute atomic E-state index is 0.254. The van der Waals surface area contributed by atoms with E-state index in [2.05, 4.69) is 4.98 Å². The lowest BCUT2D eigenvalue weighted by Crippen LogP contribution is -2.31. The van der Waals surface area contributed by atoms with E-state index in [1.165, 1.54) is 17.8 Å². The van der Waals surface area contributed by atoms with Crippen LogP contribution in [-0.4, -0.2) is 35.1 Å². The predicted octanol–water partition coefficient (Wildman–Crippen LogP) is 2.86. The lowest BCUT2D eigenvalue weighted by Gasteiger charge is -2.16. The van der Waals surface area contributed by atoms with E-state index >= 15 is 0 Å². The quantitative estimate of drug-likeness (QED) is 0.583. The Morgan fingerprint density at radius 2 is 2.08 bits per heavy atom. The normalized spacial score (nSPS) is 13.5. The van der Waals surface area contributed by atoms with Crippen molar-refractivity contribution in [2.45, 2.75) is 36.6 Å². The highest BCUT2D eigenvalue weighted by Crippen LogP contribution is 2.31. The molecule has 0 saturated heterocycles. The van der Waals surface area contributed by atoms with Crippen molar-refractivity contribution in [3.8, 4) is 0 Å². The average Bonchev–Trinajstić information content (AvgIpc) is 3.04. The Labute approximate surface area is 149 Å². The molecule has 1 aliphatic rings. The van der Waals surface area contributed by atoms with Gasteiger partial charge in [-0.1, -0.05) is 0 Å². The highest BCUT2D eigenvalue weighted by molar-refractivity contribution is 7.98. The zero-order valence-corrected chi connectivity index (χ0v) is 15.2. The maximum absolute atomic E-state index is 13.8. The summed E-state index contributed by atoms with van der Waals surface area (Å²) in [5.41, 5.74) is 2.16. The van der Waals surface area contributed by atoms with Crippen LogP contribution in [0.4, 0.5) is 8.78 Å². The summed E-state index contributed by atoms with van der Waals surface area (Å²) in [6.45, 7) is 1.39. The topological polar surface area (TPSA) is 38.1 Å². The fourth-order valence-corrected chi connectivity index (χ4v) is 4.09.